The second-order valence-electron chi connectivity index (χ2n) is 10.1. The van der Waals surface area contributed by atoms with Crippen LogP contribution >= 0.6 is 0 Å². The number of benzene rings is 3. The Kier molecular flexibility index (Phi) is 6.06. The van der Waals surface area contributed by atoms with Crippen LogP contribution in [0.1, 0.15) is 12.8 Å². The highest BCUT2D eigenvalue weighted by Crippen LogP contribution is 2.35. The number of H-pyrrole nitrogens is 2. The van der Waals surface area contributed by atoms with Crippen LogP contribution in [0.3, 0.4) is 0 Å². The lowest BCUT2D eigenvalue weighted by Crippen LogP contribution is -2.25. The third-order valence-electron chi connectivity index (χ3n) is 7.54. The maximum Gasteiger partial charge on any atom is 0.138 e. The van der Waals surface area contributed by atoms with Crippen molar-refractivity contribution in [2.75, 3.05) is 26.2 Å². The monoisotopic (exact) mass is 517 g/mol. The molecular weight excluding hydrogens is 489 g/mol. The van der Waals surface area contributed by atoms with Gasteiger partial charge in [0.25, 0.3) is 0 Å². The fourth-order valence-corrected chi connectivity index (χ4v) is 5.54. The first kappa shape index (κ1) is 23.6. The molecule has 3 aromatic heterocycles. The van der Waals surface area contributed by atoms with Gasteiger partial charge in [-0.15, -0.1) is 0 Å². The molecule has 0 spiro atoms. The average Bonchev–Trinajstić information content (AvgIpc) is 3.72. The second kappa shape index (κ2) is 10.0. The molecule has 0 radical (unpaired) electrons. The van der Waals surface area contributed by atoms with Crippen LogP contribution in [0.2, 0.25) is 0 Å². The highest BCUT2D eigenvalue weighted by atomic mass is 19.1. The summed E-state index contributed by atoms with van der Waals surface area (Å²) in [6.45, 7) is 3.93. The van der Waals surface area contributed by atoms with E-state index in [2.05, 4.69) is 43.3 Å². The molecule has 6 aromatic rings. The van der Waals surface area contributed by atoms with Crippen LogP contribution in [-0.2, 0) is 0 Å². The zero-order chi connectivity index (χ0) is 26.2. The molecule has 0 aliphatic carbocycles. The quantitative estimate of drug-likeness (QED) is 0.238. The molecule has 7 heteroatoms. The van der Waals surface area contributed by atoms with Gasteiger partial charge in [-0.1, -0.05) is 30.3 Å². The van der Waals surface area contributed by atoms with Gasteiger partial charge in [-0.2, -0.15) is 5.10 Å². The molecule has 0 saturated carbocycles. The molecule has 2 N–H and O–H groups in total. The van der Waals surface area contributed by atoms with Gasteiger partial charge in [-0.3, -0.25) is 15.0 Å². The van der Waals surface area contributed by atoms with Gasteiger partial charge >= 0.3 is 0 Å². The van der Waals surface area contributed by atoms with Crippen molar-refractivity contribution in [1.29, 1.82) is 0 Å². The van der Waals surface area contributed by atoms with Crippen LogP contribution in [0.5, 0.6) is 5.75 Å². The number of rotatable bonds is 7. The van der Waals surface area contributed by atoms with Gasteiger partial charge in [0.1, 0.15) is 23.9 Å². The standard InChI is InChI=1S/C32H28FN5O/c33-24-6-3-5-22(15-24)26-7-4-8-29-27(26)18-31(35-29)32-28-17-21(9-10-30(28)36-37-32)23-16-25(20-34-19-23)39-14-13-38-11-1-2-12-38/h3-10,15-20,35H,1-2,11-14H2,(H,36,37). The third kappa shape index (κ3) is 4.66. The molecule has 1 aliphatic heterocycles. The summed E-state index contributed by atoms with van der Waals surface area (Å²) >= 11 is 0. The number of aromatic nitrogens is 4. The Balaban J connectivity index is 1.20. The molecule has 1 fully saturated rings. The van der Waals surface area contributed by atoms with E-state index in [0.29, 0.717) is 6.61 Å². The first-order chi connectivity index (χ1) is 19.2. The topological polar surface area (TPSA) is 69.8 Å². The van der Waals surface area contributed by atoms with Gasteiger partial charge in [0.15, 0.2) is 0 Å². The third-order valence-corrected chi connectivity index (χ3v) is 7.54. The number of fused-ring (bicyclic) bond motifs is 2. The molecule has 1 saturated heterocycles. The Morgan fingerprint density at radius 1 is 0.821 bits per heavy atom. The number of pyridine rings is 1. The van der Waals surface area contributed by atoms with Crippen molar-refractivity contribution in [3.8, 4) is 39.4 Å². The molecule has 7 rings (SSSR count). The van der Waals surface area contributed by atoms with Crippen molar-refractivity contribution in [2.24, 2.45) is 0 Å². The molecule has 39 heavy (non-hydrogen) atoms. The van der Waals surface area contributed by atoms with Crippen LogP contribution < -0.4 is 4.74 Å². The van der Waals surface area contributed by atoms with Crippen LogP contribution in [0.25, 0.3) is 55.4 Å². The number of nitrogens with one attached hydrogen (secondary N) is 2. The predicted octanol–water partition coefficient (Wildman–Crippen LogP) is 7.05. The van der Waals surface area contributed by atoms with Gasteiger partial charge in [0.2, 0.25) is 0 Å². The van der Waals surface area contributed by atoms with Gasteiger partial charge in [-0.25, -0.2) is 4.39 Å². The largest absolute Gasteiger partial charge is 0.491 e. The normalized spacial score (nSPS) is 14.0. The van der Waals surface area contributed by atoms with Crippen LogP contribution in [0.15, 0.2) is 85.2 Å². The number of halogens is 1. The fourth-order valence-electron chi connectivity index (χ4n) is 5.54. The Morgan fingerprint density at radius 3 is 2.62 bits per heavy atom. The summed E-state index contributed by atoms with van der Waals surface area (Å²) in [5.41, 5.74) is 7.50. The molecule has 0 unspecified atom stereocenters. The molecule has 4 heterocycles. The highest BCUT2D eigenvalue weighted by Gasteiger charge is 2.15. The van der Waals surface area contributed by atoms with Crippen molar-refractivity contribution >= 4 is 21.8 Å². The van der Waals surface area contributed by atoms with Gasteiger partial charge in [0, 0.05) is 34.6 Å². The first-order valence-corrected chi connectivity index (χ1v) is 13.4. The second-order valence-corrected chi connectivity index (χ2v) is 10.1. The Bertz CT molecular complexity index is 1780. The van der Waals surface area contributed by atoms with Crippen molar-refractivity contribution in [2.45, 2.75) is 12.8 Å². The van der Waals surface area contributed by atoms with Gasteiger partial charge in [0.05, 0.1) is 17.4 Å². The molecule has 0 bridgehead atoms. The lowest BCUT2D eigenvalue weighted by Gasteiger charge is -2.15. The molecule has 0 atom stereocenters. The van der Waals surface area contributed by atoms with Crippen LogP contribution in [0.4, 0.5) is 4.39 Å². The van der Waals surface area contributed by atoms with Crippen molar-refractivity contribution in [1.82, 2.24) is 25.1 Å². The molecule has 1 aliphatic rings. The Labute approximate surface area is 225 Å². The summed E-state index contributed by atoms with van der Waals surface area (Å²) < 4.78 is 20.0. The molecule has 6 nitrogen and oxygen atoms in total. The predicted molar refractivity (Wildman–Crippen MR) is 153 cm³/mol. The Morgan fingerprint density at radius 2 is 1.72 bits per heavy atom. The minimum absolute atomic E-state index is 0.248. The van der Waals surface area contributed by atoms with E-state index < -0.39 is 0 Å². The summed E-state index contributed by atoms with van der Waals surface area (Å²) in [6, 6.07) is 23.1. The zero-order valence-electron chi connectivity index (χ0n) is 21.5. The van der Waals surface area contributed by atoms with Gasteiger partial charge in [-0.05, 0) is 85.1 Å². The van der Waals surface area contributed by atoms with Crippen LogP contribution in [0, 0.1) is 5.82 Å². The highest BCUT2D eigenvalue weighted by molar-refractivity contribution is 6.01. The summed E-state index contributed by atoms with van der Waals surface area (Å²) in [7, 11) is 0. The number of aromatic amines is 2. The van der Waals surface area contributed by atoms with Crippen molar-refractivity contribution < 1.29 is 9.13 Å². The SMILES string of the molecule is Fc1cccc(-c2cccc3[nH]c(-c4n[nH]c5ccc(-c6cncc(OCCN7CCCC7)c6)cc45)cc23)c1. The smallest absolute Gasteiger partial charge is 0.138 e. The van der Waals surface area contributed by atoms with E-state index in [9.17, 15) is 4.39 Å². The van der Waals surface area contributed by atoms with E-state index in [4.69, 9.17) is 4.74 Å². The molecule has 0 amide bonds. The first-order valence-electron chi connectivity index (χ1n) is 13.4. The molecule has 194 valence electrons. The van der Waals surface area contributed by atoms with E-state index in [0.717, 1.165) is 80.8 Å². The van der Waals surface area contributed by atoms with Crippen LogP contribution in [-0.4, -0.2) is 51.3 Å². The number of nitrogens with zero attached hydrogens (tertiary/aromatic N) is 3. The summed E-state index contributed by atoms with van der Waals surface area (Å²) in [5.74, 6) is 0.529. The van der Waals surface area contributed by atoms with E-state index >= 15 is 0 Å². The fraction of sp³-hybridized carbons (Fsp3) is 0.188. The minimum atomic E-state index is -0.248. The molecular formula is C32H28FN5O. The maximum atomic E-state index is 13.9. The van der Waals surface area contributed by atoms with Gasteiger partial charge < -0.3 is 9.72 Å². The summed E-state index contributed by atoms with van der Waals surface area (Å²) in [6.07, 6.45) is 6.20. The Hall–Kier alpha value is -4.49. The maximum absolute atomic E-state index is 13.9. The lowest BCUT2D eigenvalue weighted by molar-refractivity contribution is 0.237. The number of ether oxygens (including phenoxy) is 1. The zero-order valence-corrected chi connectivity index (χ0v) is 21.5. The number of hydrogen-bond acceptors (Lipinski definition) is 4. The summed E-state index contributed by atoms with van der Waals surface area (Å²) in [4.78, 5) is 10.4. The molecule has 3 aromatic carbocycles. The summed E-state index contributed by atoms with van der Waals surface area (Å²) in [5, 5.41) is 9.84. The van der Waals surface area contributed by atoms with Crippen molar-refractivity contribution in [3.05, 3.63) is 91.0 Å². The van der Waals surface area contributed by atoms with Crippen molar-refractivity contribution in [3.63, 3.8) is 0 Å². The average molecular weight is 518 g/mol. The number of hydrogen-bond donors (Lipinski definition) is 2. The van der Waals surface area contributed by atoms with E-state index in [1.54, 1.807) is 18.3 Å². The van der Waals surface area contributed by atoms with E-state index in [-0.39, 0.29) is 5.82 Å². The minimum Gasteiger partial charge on any atom is -0.491 e. The number of likely N-dealkylation sites (tertiary alicyclic amines) is 1. The van der Waals surface area contributed by atoms with E-state index in [1.165, 1.54) is 18.9 Å². The lowest BCUT2D eigenvalue weighted by atomic mass is 10.0. The van der Waals surface area contributed by atoms with E-state index in [1.807, 2.05) is 42.6 Å².